The van der Waals surface area contributed by atoms with Crippen LogP contribution < -0.4 is 38.9 Å². The van der Waals surface area contributed by atoms with Crippen LogP contribution in [0.2, 0.25) is 0 Å². The fourth-order valence-corrected chi connectivity index (χ4v) is 3.21. The van der Waals surface area contributed by atoms with Crippen LogP contribution in [-0.2, 0) is 9.59 Å². The Labute approximate surface area is 189 Å². The van der Waals surface area contributed by atoms with Crippen LogP contribution in [0.1, 0.15) is 77.0 Å². The molecule has 0 aliphatic carbocycles. The van der Waals surface area contributed by atoms with E-state index in [1.54, 1.807) is 0 Å². The molecule has 0 aliphatic heterocycles. The zero-order valence-corrected chi connectivity index (χ0v) is 19.5. The van der Waals surface area contributed by atoms with Crippen molar-refractivity contribution in [3.8, 4) is 0 Å². The summed E-state index contributed by atoms with van der Waals surface area (Å²) in [6.07, 6.45) is 11.7. The van der Waals surface area contributed by atoms with Crippen molar-refractivity contribution in [2.24, 2.45) is 22.9 Å². The molecule has 0 radical (unpaired) electrons. The summed E-state index contributed by atoms with van der Waals surface area (Å²) in [6, 6.07) is -0.868. The Kier molecular flexibility index (Phi) is 21.1. The minimum Gasteiger partial charge on any atom is -0.355 e. The molecule has 0 aromatic rings. The first kappa shape index (κ1) is 29.7. The monoisotopic (exact) mass is 443 g/mol. The minimum absolute atomic E-state index is 0.0661. The average molecular weight is 444 g/mol. The van der Waals surface area contributed by atoms with Gasteiger partial charge in [0.15, 0.2) is 0 Å². The highest BCUT2D eigenvalue weighted by Gasteiger charge is 2.12. The number of amides is 2. The third kappa shape index (κ3) is 19.2. The number of nitrogens with two attached hydrogens (primary N) is 4. The zero-order valence-electron chi connectivity index (χ0n) is 19.5. The van der Waals surface area contributed by atoms with E-state index in [2.05, 4.69) is 16.0 Å². The molecule has 0 aromatic heterocycles. The molecule has 0 fully saturated rings. The number of carbonyl (C=O) groups is 2. The number of nitrogens with one attached hydrogen (secondary N) is 3. The molecule has 0 heterocycles. The first-order valence-electron chi connectivity index (χ1n) is 12.2. The maximum Gasteiger partial charge on any atom is 0.236 e. The molecule has 0 aliphatic rings. The number of hydrogen-bond acceptors (Lipinski definition) is 7. The largest absolute Gasteiger partial charge is 0.355 e. The highest BCUT2D eigenvalue weighted by Crippen LogP contribution is 2.01. The third-order valence-electron chi connectivity index (χ3n) is 5.27. The van der Waals surface area contributed by atoms with E-state index >= 15 is 0 Å². The van der Waals surface area contributed by atoms with Crippen molar-refractivity contribution in [2.45, 2.75) is 89.1 Å². The van der Waals surface area contributed by atoms with E-state index in [1.807, 2.05) is 0 Å². The van der Waals surface area contributed by atoms with Gasteiger partial charge in [0.25, 0.3) is 0 Å². The van der Waals surface area contributed by atoms with Gasteiger partial charge in [-0.2, -0.15) is 0 Å². The van der Waals surface area contributed by atoms with Crippen LogP contribution >= 0.6 is 0 Å². The predicted octanol–water partition coefficient (Wildman–Crippen LogP) is 0.0616. The molecule has 11 N–H and O–H groups in total. The third-order valence-corrected chi connectivity index (χ3v) is 5.27. The number of hydrogen-bond donors (Lipinski definition) is 7. The SMILES string of the molecule is NCCCC(N)C(=O)NCCCCCCNCCCCCCNC(=O)C(N)CCCN. The normalized spacial score (nSPS) is 13.0. The Balaban J connectivity index is 3.30. The Morgan fingerprint density at radius 1 is 0.548 bits per heavy atom. The zero-order chi connectivity index (χ0) is 23.2. The molecule has 9 heteroatoms. The van der Waals surface area contributed by atoms with Crippen LogP contribution in [0.3, 0.4) is 0 Å². The Bertz CT molecular complexity index is 400. The van der Waals surface area contributed by atoms with E-state index in [9.17, 15) is 9.59 Å². The number of rotatable bonds is 22. The summed E-state index contributed by atoms with van der Waals surface area (Å²) < 4.78 is 0. The van der Waals surface area contributed by atoms with Crippen molar-refractivity contribution in [1.29, 1.82) is 0 Å². The van der Waals surface area contributed by atoms with Crippen LogP contribution in [0.25, 0.3) is 0 Å². The summed E-state index contributed by atoms with van der Waals surface area (Å²) in [7, 11) is 0. The predicted molar refractivity (Wildman–Crippen MR) is 128 cm³/mol. The van der Waals surface area contributed by atoms with E-state index in [4.69, 9.17) is 22.9 Å². The molecule has 0 rings (SSSR count). The second-order valence-electron chi connectivity index (χ2n) is 8.24. The lowest BCUT2D eigenvalue weighted by atomic mass is 10.1. The van der Waals surface area contributed by atoms with Crippen molar-refractivity contribution >= 4 is 11.8 Å². The fourth-order valence-electron chi connectivity index (χ4n) is 3.21. The van der Waals surface area contributed by atoms with Gasteiger partial charge in [0.05, 0.1) is 12.1 Å². The molecule has 31 heavy (non-hydrogen) atoms. The molecule has 0 saturated carbocycles. The van der Waals surface area contributed by atoms with Crippen LogP contribution in [0.4, 0.5) is 0 Å². The van der Waals surface area contributed by atoms with Crippen molar-refractivity contribution in [3.05, 3.63) is 0 Å². The molecule has 0 spiro atoms. The minimum atomic E-state index is -0.434. The van der Waals surface area contributed by atoms with Crippen LogP contribution in [0.5, 0.6) is 0 Å². The van der Waals surface area contributed by atoms with Gasteiger partial charge in [-0.15, -0.1) is 0 Å². The van der Waals surface area contributed by atoms with Gasteiger partial charge in [-0.1, -0.05) is 25.7 Å². The first-order valence-corrected chi connectivity index (χ1v) is 12.2. The molecule has 0 bridgehead atoms. The van der Waals surface area contributed by atoms with Gasteiger partial charge < -0.3 is 38.9 Å². The van der Waals surface area contributed by atoms with E-state index in [-0.39, 0.29) is 11.8 Å². The van der Waals surface area contributed by atoms with Crippen LogP contribution in [-0.4, -0.2) is 63.2 Å². The molecule has 184 valence electrons. The molecule has 9 nitrogen and oxygen atoms in total. The van der Waals surface area contributed by atoms with Gasteiger partial charge in [0.1, 0.15) is 0 Å². The lowest BCUT2D eigenvalue weighted by Crippen LogP contribution is -2.41. The van der Waals surface area contributed by atoms with Crippen LogP contribution in [0.15, 0.2) is 0 Å². The molecular formula is C22H49N7O2. The lowest BCUT2D eigenvalue weighted by molar-refractivity contribution is -0.123. The number of unbranched alkanes of at least 4 members (excludes halogenated alkanes) is 6. The molecule has 2 unspecified atom stereocenters. The first-order chi connectivity index (χ1) is 15.0. The average Bonchev–Trinajstić information content (AvgIpc) is 2.77. The van der Waals surface area contributed by atoms with E-state index < -0.39 is 12.1 Å². The van der Waals surface area contributed by atoms with Crippen molar-refractivity contribution in [1.82, 2.24) is 16.0 Å². The van der Waals surface area contributed by atoms with Gasteiger partial charge in [-0.05, 0) is 77.5 Å². The molecule has 0 aromatic carbocycles. The van der Waals surface area contributed by atoms with Crippen LogP contribution in [0, 0.1) is 0 Å². The summed E-state index contributed by atoms with van der Waals surface area (Å²) >= 11 is 0. The van der Waals surface area contributed by atoms with E-state index in [0.717, 1.165) is 77.3 Å². The maximum absolute atomic E-state index is 11.7. The van der Waals surface area contributed by atoms with E-state index in [0.29, 0.717) is 39.0 Å². The Morgan fingerprint density at radius 2 is 0.903 bits per heavy atom. The van der Waals surface area contributed by atoms with Gasteiger partial charge in [-0.3, -0.25) is 9.59 Å². The second-order valence-corrected chi connectivity index (χ2v) is 8.24. The highest BCUT2D eigenvalue weighted by atomic mass is 16.2. The smallest absolute Gasteiger partial charge is 0.236 e. The molecule has 2 amide bonds. The topological polar surface area (TPSA) is 174 Å². The molecule has 2 atom stereocenters. The van der Waals surface area contributed by atoms with Crippen molar-refractivity contribution < 1.29 is 9.59 Å². The van der Waals surface area contributed by atoms with Gasteiger partial charge >= 0.3 is 0 Å². The Morgan fingerprint density at radius 3 is 1.26 bits per heavy atom. The van der Waals surface area contributed by atoms with E-state index in [1.165, 1.54) is 0 Å². The second kappa shape index (κ2) is 22.0. The summed E-state index contributed by atoms with van der Waals surface area (Å²) in [5.74, 6) is -0.132. The maximum atomic E-state index is 11.7. The summed E-state index contributed by atoms with van der Waals surface area (Å²) in [5, 5.41) is 9.27. The van der Waals surface area contributed by atoms with Gasteiger partial charge in [-0.25, -0.2) is 0 Å². The highest BCUT2D eigenvalue weighted by molar-refractivity contribution is 5.81. The fraction of sp³-hybridized carbons (Fsp3) is 0.909. The van der Waals surface area contributed by atoms with Crippen molar-refractivity contribution in [3.63, 3.8) is 0 Å². The Hall–Kier alpha value is -1.26. The number of carbonyl (C=O) groups excluding carboxylic acids is 2. The van der Waals surface area contributed by atoms with Gasteiger partial charge in [0.2, 0.25) is 11.8 Å². The van der Waals surface area contributed by atoms with Gasteiger partial charge in [0, 0.05) is 13.1 Å². The standard InChI is InChI=1S/C22H49N7O2/c23-13-9-11-19(25)21(30)28-17-7-3-1-5-15-27-16-6-2-4-8-18-29-22(31)20(26)12-10-14-24/h19-20,27H,1-18,23-26H2,(H,28,30)(H,29,31). The lowest BCUT2D eigenvalue weighted by Gasteiger charge is -2.11. The molecular weight excluding hydrogens is 394 g/mol. The quantitative estimate of drug-likeness (QED) is 0.116. The van der Waals surface area contributed by atoms with Crippen molar-refractivity contribution in [2.75, 3.05) is 39.3 Å². The summed E-state index contributed by atoms with van der Waals surface area (Å²) in [5.41, 5.74) is 22.4. The summed E-state index contributed by atoms with van der Waals surface area (Å²) in [4.78, 5) is 23.5. The summed E-state index contributed by atoms with van der Waals surface area (Å²) in [6.45, 7) is 4.60. The molecule has 0 saturated heterocycles.